The van der Waals surface area contributed by atoms with Crippen molar-refractivity contribution in [3.63, 3.8) is 0 Å². The minimum Gasteiger partial charge on any atom is -0.430 e. The van der Waals surface area contributed by atoms with Crippen molar-refractivity contribution in [2.45, 2.75) is 42.4 Å². The number of alkyl halides is 4. The Morgan fingerprint density at radius 2 is 1.71 bits per heavy atom. The van der Waals surface area contributed by atoms with Crippen molar-refractivity contribution >= 4 is 23.3 Å². The van der Waals surface area contributed by atoms with E-state index in [1.165, 1.54) is 12.1 Å². The molecule has 0 bridgehead atoms. The predicted octanol–water partition coefficient (Wildman–Crippen LogP) is 5.55. The second-order valence-electron chi connectivity index (χ2n) is 6.41. The molecule has 1 aliphatic heterocycles. The first kappa shape index (κ1) is 20.4. The number of Topliss-reactive ketones (excluding diaryl/α,β-unsaturated/α-hetero) is 2. The number of benzene rings is 2. The highest BCUT2D eigenvalue weighted by molar-refractivity contribution is 8.00. The van der Waals surface area contributed by atoms with E-state index in [4.69, 9.17) is 0 Å². The van der Waals surface area contributed by atoms with E-state index in [1.807, 2.05) is 13.0 Å². The van der Waals surface area contributed by atoms with Gasteiger partial charge in [0.2, 0.25) is 0 Å². The lowest BCUT2D eigenvalue weighted by atomic mass is 10.0. The number of rotatable bonds is 6. The van der Waals surface area contributed by atoms with Crippen molar-refractivity contribution in [1.82, 2.24) is 0 Å². The van der Waals surface area contributed by atoms with Gasteiger partial charge in [0.1, 0.15) is 5.75 Å². The zero-order chi connectivity index (χ0) is 20.5. The highest BCUT2D eigenvalue weighted by atomic mass is 32.2. The molecular formula is C20H16F4O3S. The van der Waals surface area contributed by atoms with E-state index < -0.39 is 17.8 Å². The van der Waals surface area contributed by atoms with E-state index in [0.717, 1.165) is 11.6 Å². The minimum atomic E-state index is -4.00. The molecule has 0 N–H and O–H groups in total. The maximum absolute atomic E-state index is 13.6. The Balaban J connectivity index is 1.70. The summed E-state index contributed by atoms with van der Waals surface area (Å²) in [5.41, 5.74) is 1.59. The number of aryl methyl sites for hydroxylation is 1. The normalized spacial score (nSPS) is 17.7. The van der Waals surface area contributed by atoms with Gasteiger partial charge in [-0.3, -0.25) is 9.59 Å². The summed E-state index contributed by atoms with van der Waals surface area (Å²) in [5.74, 6) is -0.820. The Hall–Kier alpha value is -2.35. The number of hydrogen-bond acceptors (Lipinski definition) is 4. The number of halogens is 4. The molecule has 28 heavy (non-hydrogen) atoms. The number of thioether (sulfide) groups is 1. The molecule has 8 heteroatoms. The van der Waals surface area contributed by atoms with E-state index in [1.54, 1.807) is 18.2 Å². The van der Waals surface area contributed by atoms with Crippen LogP contribution in [0.25, 0.3) is 0 Å². The average Bonchev–Trinajstić information content (AvgIpc) is 2.64. The highest BCUT2D eigenvalue weighted by Gasteiger charge is 2.52. The van der Waals surface area contributed by atoms with Crippen molar-refractivity contribution in [1.29, 1.82) is 0 Å². The molecule has 1 aliphatic rings. The first-order valence-corrected chi connectivity index (χ1v) is 9.34. The number of carbonyl (C=O) groups excluding carboxylic acids is 2. The average molecular weight is 412 g/mol. The first-order chi connectivity index (χ1) is 13.2. The zero-order valence-electron chi connectivity index (χ0n) is 14.8. The van der Waals surface area contributed by atoms with E-state index in [9.17, 15) is 27.2 Å². The lowest BCUT2D eigenvalue weighted by Crippen LogP contribution is -2.43. The highest BCUT2D eigenvalue weighted by Crippen LogP contribution is 2.48. The van der Waals surface area contributed by atoms with Crippen LogP contribution >= 0.6 is 11.8 Å². The summed E-state index contributed by atoms with van der Waals surface area (Å²) >= 11 is 0.282. The molecule has 3 rings (SSSR count). The minimum absolute atomic E-state index is 0.0132. The molecule has 1 unspecified atom stereocenters. The monoisotopic (exact) mass is 412 g/mol. The van der Waals surface area contributed by atoms with E-state index in [0.29, 0.717) is 5.56 Å². The fourth-order valence-electron chi connectivity index (χ4n) is 2.80. The van der Waals surface area contributed by atoms with Crippen LogP contribution in [0.3, 0.4) is 0 Å². The largest absolute Gasteiger partial charge is 0.430 e. The maximum Gasteiger partial charge on any atom is 0.416 e. The molecule has 148 valence electrons. The van der Waals surface area contributed by atoms with Gasteiger partial charge in [-0.05, 0) is 31.2 Å². The molecule has 0 aliphatic carbocycles. The second-order valence-corrected chi connectivity index (χ2v) is 7.60. The van der Waals surface area contributed by atoms with Crippen LogP contribution in [0, 0.1) is 6.92 Å². The molecular weight excluding hydrogens is 396 g/mol. The molecule has 1 heterocycles. The summed E-state index contributed by atoms with van der Waals surface area (Å²) in [6.07, 6.45) is -7.39. The third-order valence-corrected chi connectivity index (χ3v) is 5.55. The van der Waals surface area contributed by atoms with Crippen molar-refractivity contribution < 1.29 is 31.9 Å². The van der Waals surface area contributed by atoms with Gasteiger partial charge in [0.15, 0.2) is 16.8 Å². The van der Waals surface area contributed by atoms with Crippen LogP contribution in [-0.2, 0) is 0 Å². The van der Waals surface area contributed by atoms with Gasteiger partial charge in [-0.15, -0.1) is 11.8 Å². The topological polar surface area (TPSA) is 43.4 Å². The van der Waals surface area contributed by atoms with Crippen molar-refractivity contribution in [3.8, 4) is 5.75 Å². The maximum atomic E-state index is 13.6. The van der Waals surface area contributed by atoms with Crippen LogP contribution in [0.2, 0.25) is 0 Å². The molecule has 2 aromatic rings. The summed E-state index contributed by atoms with van der Waals surface area (Å²) in [7, 11) is 0. The molecule has 1 atom stereocenters. The van der Waals surface area contributed by atoms with Crippen molar-refractivity contribution in [3.05, 3.63) is 59.2 Å². The zero-order valence-corrected chi connectivity index (χ0v) is 15.6. The van der Waals surface area contributed by atoms with Crippen molar-refractivity contribution in [2.24, 2.45) is 0 Å². The SMILES string of the molecule is Cc1cccc(C(=O)CCC(=O)c2ccc3c(c2)SC(C(F)F)C(F)(F)O3)c1. The van der Waals surface area contributed by atoms with Crippen LogP contribution in [0.15, 0.2) is 47.4 Å². The number of ketones is 2. The van der Waals surface area contributed by atoms with Gasteiger partial charge < -0.3 is 4.74 Å². The summed E-state index contributed by atoms with van der Waals surface area (Å²) < 4.78 is 57.4. The smallest absolute Gasteiger partial charge is 0.416 e. The van der Waals surface area contributed by atoms with Crippen LogP contribution in [0.5, 0.6) is 5.75 Å². The fraction of sp³-hybridized carbons (Fsp3) is 0.300. The third kappa shape index (κ3) is 4.38. The van der Waals surface area contributed by atoms with E-state index in [2.05, 4.69) is 4.74 Å². The quantitative estimate of drug-likeness (QED) is 0.461. The molecule has 3 nitrogen and oxygen atoms in total. The molecule has 0 aromatic heterocycles. The molecule has 0 saturated heterocycles. The molecule has 0 fully saturated rings. The van der Waals surface area contributed by atoms with Gasteiger partial charge in [0.05, 0.1) is 4.90 Å². The summed E-state index contributed by atoms with van der Waals surface area (Å²) in [6.45, 7) is 1.85. The van der Waals surface area contributed by atoms with Crippen molar-refractivity contribution in [2.75, 3.05) is 0 Å². The Labute approximate surface area is 163 Å². The summed E-state index contributed by atoms with van der Waals surface area (Å²) in [5, 5.41) is -2.35. The molecule has 2 aromatic carbocycles. The third-order valence-electron chi connectivity index (χ3n) is 4.24. The number of carbonyl (C=O) groups is 2. The molecule has 0 saturated carbocycles. The second kappa shape index (κ2) is 7.95. The Morgan fingerprint density at radius 3 is 2.32 bits per heavy atom. The number of fused-ring (bicyclic) bond motifs is 1. The Bertz CT molecular complexity index is 914. The fourth-order valence-corrected chi connectivity index (χ4v) is 3.78. The van der Waals surface area contributed by atoms with Gasteiger partial charge in [-0.2, -0.15) is 8.78 Å². The molecule has 0 amide bonds. The lowest BCUT2D eigenvalue weighted by molar-refractivity contribution is -0.196. The van der Waals surface area contributed by atoms with E-state index in [-0.39, 0.29) is 52.4 Å². The van der Waals surface area contributed by atoms with Gasteiger partial charge in [0, 0.05) is 24.0 Å². The summed E-state index contributed by atoms with van der Waals surface area (Å²) in [6, 6.07) is 10.7. The van der Waals surface area contributed by atoms with Gasteiger partial charge >= 0.3 is 6.11 Å². The van der Waals surface area contributed by atoms with Crippen LogP contribution in [0.1, 0.15) is 39.1 Å². The van der Waals surface area contributed by atoms with Crippen LogP contribution < -0.4 is 4.74 Å². The van der Waals surface area contributed by atoms with Gasteiger partial charge in [-0.25, -0.2) is 8.78 Å². The lowest BCUT2D eigenvalue weighted by Gasteiger charge is -2.31. The Morgan fingerprint density at radius 1 is 1.07 bits per heavy atom. The summed E-state index contributed by atoms with van der Waals surface area (Å²) in [4.78, 5) is 24.6. The molecule has 0 radical (unpaired) electrons. The van der Waals surface area contributed by atoms with E-state index >= 15 is 0 Å². The predicted molar refractivity (Wildman–Crippen MR) is 96.7 cm³/mol. The van der Waals surface area contributed by atoms with Gasteiger partial charge in [0.25, 0.3) is 6.43 Å². The van der Waals surface area contributed by atoms with Gasteiger partial charge in [-0.1, -0.05) is 23.8 Å². The number of hydrogen-bond donors (Lipinski definition) is 0. The number of ether oxygens (including phenoxy) is 1. The first-order valence-electron chi connectivity index (χ1n) is 8.46. The Kier molecular flexibility index (Phi) is 5.79. The van der Waals surface area contributed by atoms with Crippen LogP contribution in [0.4, 0.5) is 17.6 Å². The van der Waals surface area contributed by atoms with Crippen LogP contribution in [-0.4, -0.2) is 29.4 Å². The molecule has 0 spiro atoms. The standard InChI is InChI=1S/C20H16F4O3S/c1-11-3-2-4-12(9-11)14(25)6-7-15(26)13-5-8-16-17(10-13)28-18(19(21)22)20(23,24)27-16/h2-5,8-10,18-19H,6-7H2,1H3.